The number of carbonyl (C=O) groups is 1. The summed E-state index contributed by atoms with van der Waals surface area (Å²) in [6, 6.07) is 1.02. The summed E-state index contributed by atoms with van der Waals surface area (Å²) in [5, 5.41) is 3.25. The van der Waals surface area contributed by atoms with Crippen LogP contribution in [0.4, 0.5) is 0 Å². The summed E-state index contributed by atoms with van der Waals surface area (Å²) >= 11 is 0. The van der Waals surface area contributed by atoms with Gasteiger partial charge in [0.2, 0.25) is 5.91 Å². The van der Waals surface area contributed by atoms with Crippen LogP contribution in [0.5, 0.6) is 0 Å². The van der Waals surface area contributed by atoms with Gasteiger partial charge in [0.15, 0.2) is 0 Å². The lowest BCUT2D eigenvalue weighted by Crippen LogP contribution is -2.54. The molecule has 3 atom stereocenters. The second kappa shape index (κ2) is 5.43. The van der Waals surface area contributed by atoms with Gasteiger partial charge in [-0.2, -0.15) is 0 Å². The third-order valence-corrected chi connectivity index (χ3v) is 4.58. The maximum absolute atomic E-state index is 12.1. The molecule has 19 heavy (non-hydrogen) atoms. The van der Waals surface area contributed by atoms with Gasteiger partial charge >= 0.3 is 0 Å². The van der Waals surface area contributed by atoms with Crippen molar-refractivity contribution >= 4 is 5.91 Å². The molecule has 0 aromatic carbocycles. The number of hydrogen-bond acceptors (Lipinski definition) is 2. The molecule has 0 aromatic rings. The van der Waals surface area contributed by atoms with E-state index in [1.54, 1.807) is 0 Å². The van der Waals surface area contributed by atoms with Crippen molar-refractivity contribution < 1.29 is 4.79 Å². The Morgan fingerprint density at radius 1 is 1.26 bits per heavy atom. The fourth-order valence-corrected chi connectivity index (χ4v) is 3.11. The molecule has 1 saturated heterocycles. The molecule has 1 amide bonds. The molecule has 1 heterocycles. The summed E-state index contributed by atoms with van der Waals surface area (Å²) in [6.07, 6.45) is 3.91. The number of rotatable bonds is 3. The molecule has 3 unspecified atom stereocenters. The topological polar surface area (TPSA) is 32.3 Å². The van der Waals surface area contributed by atoms with Crippen molar-refractivity contribution in [2.75, 3.05) is 13.1 Å². The molecule has 2 aliphatic rings. The van der Waals surface area contributed by atoms with E-state index in [4.69, 9.17) is 0 Å². The van der Waals surface area contributed by atoms with Crippen molar-refractivity contribution in [2.24, 2.45) is 17.3 Å². The predicted octanol–water partition coefficient (Wildman–Crippen LogP) is 2.66. The van der Waals surface area contributed by atoms with Gasteiger partial charge in [0.25, 0.3) is 0 Å². The quantitative estimate of drug-likeness (QED) is 0.852. The first kappa shape index (κ1) is 14.8. The number of piperidine rings is 1. The maximum Gasteiger partial charge on any atom is 0.225 e. The smallest absolute Gasteiger partial charge is 0.225 e. The SMILES string of the molecule is CC1CC(NC(=O)C(C)(C)C)CN(C(C)C2CC2)C1. The van der Waals surface area contributed by atoms with Crippen LogP contribution in [0.25, 0.3) is 0 Å². The summed E-state index contributed by atoms with van der Waals surface area (Å²) in [6.45, 7) is 12.8. The number of nitrogens with one attached hydrogen (secondary N) is 1. The third-order valence-electron chi connectivity index (χ3n) is 4.58. The molecular weight excluding hydrogens is 236 g/mol. The van der Waals surface area contributed by atoms with Gasteiger partial charge < -0.3 is 5.32 Å². The van der Waals surface area contributed by atoms with Crippen LogP contribution in [0.1, 0.15) is 53.9 Å². The van der Waals surface area contributed by atoms with Crippen LogP contribution in [0, 0.1) is 17.3 Å². The van der Waals surface area contributed by atoms with E-state index in [9.17, 15) is 4.79 Å². The van der Waals surface area contributed by atoms with Gasteiger partial charge in [-0.25, -0.2) is 0 Å². The van der Waals surface area contributed by atoms with Crippen molar-refractivity contribution in [3.05, 3.63) is 0 Å². The zero-order chi connectivity index (χ0) is 14.2. The summed E-state index contributed by atoms with van der Waals surface area (Å²) in [5.74, 6) is 1.77. The first-order chi connectivity index (χ1) is 8.77. The minimum Gasteiger partial charge on any atom is -0.352 e. The van der Waals surface area contributed by atoms with Gasteiger partial charge in [-0.05, 0) is 38.0 Å². The Morgan fingerprint density at radius 3 is 2.42 bits per heavy atom. The van der Waals surface area contributed by atoms with Gasteiger partial charge in [0, 0.05) is 30.6 Å². The molecule has 3 nitrogen and oxygen atoms in total. The molecule has 2 fully saturated rings. The second-order valence-electron chi connectivity index (χ2n) is 7.79. The van der Waals surface area contributed by atoms with E-state index in [1.165, 1.54) is 19.4 Å². The lowest BCUT2D eigenvalue weighted by Gasteiger charge is -2.41. The molecule has 0 aromatic heterocycles. The highest BCUT2D eigenvalue weighted by Crippen LogP contribution is 2.36. The number of amides is 1. The zero-order valence-corrected chi connectivity index (χ0v) is 13.2. The summed E-state index contributed by atoms with van der Waals surface area (Å²) in [7, 11) is 0. The molecular formula is C16H30N2O. The van der Waals surface area contributed by atoms with Crippen LogP contribution in [0.15, 0.2) is 0 Å². The van der Waals surface area contributed by atoms with E-state index in [2.05, 4.69) is 24.1 Å². The Balaban J connectivity index is 1.92. The van der Waals surface area contributed by atoms with Crippen LogP contribution in [0.3, 0.4) is 0 Å². The fourth-order valence-electron chi connectivity index (χ4n) is 3.11. The first-order valence-corrected chi connectivity index (χ1v) is 7.82. The zero-order valence-electron chi connectivity index (χ0n) is 13.2. The van der Waals surface area contributed by atoms with Crippen molar-refractivity contribution in [3.63, 3.8) is 0 Å². The molecule has 1 N–H and O–H groups in total. The number of carbonyl (C=O) groups excluding carboxylic acids is 1. The maximum atomic E-state index is 12.1. The molecule has 0 radical (unpaired) electrons. The first-order valence-electron chi connectivity index (χ1n) is 7.82. The van der Waals surface area contributed by atoms with Gasteiger partial charge in [-0.15, -0.1) is 0 Å². The predicted molar refractivity (Wildman–Crippen MR) is 78.9 cm³/mol. The lowest BCUT2D eigenvalue weighted by molar-refractivity contribution is -0.129. The highest BCUT2D eigenvalue weighted by molar-refractivity contribution is 5.81. The average molecular weight is 266 g/mol. The van der Waals surface area contributed by atoms with Gasteiger partial charge in [-0.3, -0.25) is 9.69 Å². The third kappa shape index (κ3) is 3.95. The Labute approximate surface area is 118 Å². The summed E-state index contributed by atoms with van der Waals surface area (Å²) in [4.78, 5) is 14.7. The minimum absolute atomic E-state index is 0.186. The normalized spacial score (nSPS) is 31.0. The van der Waals surface area contributed by atoms with Crippen LogP contribution < -0.4 is 5.32 Å². The van der Waals surface area contributed by atoms with Gasteiger partial charge in [0.05, 0.1) is 0 Å². The molecule has 3 heteroatoms. The van der Waals surface area contributed by atoms with Crippen LogP contribution in [0.2, 0.25) is 0 Å². The number of hydrogen-bond donors (Lipinski definition) is 1. The summed E-state index contributed by atoms with van der Waals surface area (Å²) < 4.78 is 0. The minimum atomic E-state index is -0.284. The van der Waals surface area contributed by atoms with Crippen molar-refractivity contribution in [3.8, 4) is 0 Å². The molecule has 1 aliphatic heterocycles. The molecule has 110 valence electrons. The van der Waals surface area contributed by atoms with E-state index in [0.29, 0.717) is 18.0 Å². The summed E-state index contributed by atoms with van der Waals surface area (Å²) in [5.41, 5.74) is -0.284. The number of nitrogens with zero attached hydrogens (tertiary/aromatic N) is 1. The second-order valence-corrected chi connectivity index (χ2v) is 7.79. The molecule has 0 spiro atoms. The molecule has 1 saturated carbocycles. The molecule has 1 aliphatic carbocycles. The fraction of sp³-hybridized carbons (Fsp3) is 0.938. The van der Waals surface area contributed by atoms with E-state index < -0.39 is 0 Å². The monoisotopic (exact) mass is 266 g/mol. The highest BCUT2D eigenvalue weighted by atomic mass is 16.2. The van der Waals surface area contributed by atoms with Gasteiger partial charge in [0.1, 0.15) is 0 Å². The molecule has 2 rings (SSSR count). The van der Waals surface area contributed by atoms with E-state index in [0.717, 1.165) is 18.9 Å². The van der Waals surface area contributed by atoms with E-state index >= 15 is 0 Å². The van der Waals surface area contributed by atoms with Crippen molar-refractivity contribution in [1.82, 2.24) is 10.2 Å². The van der Waals surface area contributed by atoms with Crippen LogP contribution >= 0.6 is 0 Å². The standard InChI is InChI=1S/C16H30N2O/c1-11-8-14(17-15(19)16(3,4)5)10-18(9-11)12(2)13-6-7-13/h11-14H,6-10H2,1-5H3,(H,17,19). The van der Waals surface area contributed by atoms with Crippen LogP contribution in [-0.4, -0.2) is 36.0 Å². The Hall–Kier alpha value is -0.570. The van der Waals surface area contributed by atoms with Crippen molar-refractivity contribution in [2.45, 2.75) is 66.0 Å². The average Bonchev–Trinajstić information content (AvgIpc) is 3.09. The van der Waals surface area contributed by atoms with Gasteiger partial charge in [-0.1, -0.05) is 27.7 Å². The van der Waals surface area contributed by atoms with E-state index in [1.807, 2.05) is 20.8 Å². The number of likely N-dealkylation sites (tertiary alicyclic amines) is 1. The van der Waals surface area contributed by atoms with E-state index in [-0.39, 0.29) is 11.3 Å². The van der Waals surface area contributed by atoms with Crippen LogP contribution in [-0.2, 0) is 4.79 Å². The van der Waals surface area contributed by atoms with Crippen molar-refractivity contribution in [1.29, 1.82) is 0 Å². The Bertz CT molecular complexity index is 330. The Kier molecular flexibility index (Phi) is 4.24. The lowest BCUT2D eigenvalue weighted by atomic mass is 9.91. The Morgan fingerprint density at radius 2 is 1.89 bits per heavy atom. The molecule has 0 bridgehead atoms. The largest absolute Gasteiger partial charge is 0.352 e. The highest BCUT2D eigenvalue weighted by Gasteiger charge is 2.36.